The summed E-state index contributed by atoms with van der Waals surface area (Å²) in [6.45, 7) is 4.00. The van der Waals surface area contributed by atoms with Gasteiger partial charge in [-0.2, -0.15) is 0 Å². The van der Waals surface area contributed by atoms with Crippen molar-refractivity contribution in [2.45, 2.75) is 38.9 Å². The Balaban J connectivity index is 2.17. The number of carbonyl (C=O) groups is 1. The summed E-state index contributed by atoms with van der Waals surface area (Å²) in [6.07, 6.45) is 0.589. The first-order valence-corrected chi connectivity index (χ1v) is 6.84. The van der Waals surface area contributed by atoms with Crippen LogP contribution >= 0.6 is 0 Å². The molecule has 1 saturated heterocycles. The molecule has 0 spiro atoms. The molecule has 3 N–H and O–H groups in total. The van der Waals surface area contributed by atoms with E-state index in [1.807, 2.05) is 6.92 Å². The Morgan fingerprint density at radius 2 is 2.10 bits per heavy atom. The summed E-state index contributed by atoms with van der Waals surface area (Å²) in [5.74, 6) is -0.364. The lowest BCUT2D eigenvalue weighted by atomic mass is 10.1. The average Bonchev–Trinajstić information content (AvgIpc) is 2.91. The lowest BCUT2D eigenvalue weighted by Gasteiger charge is -2.13. The fourth-order valence-corrected chi connectivity index (χ4v) is 2.34. The van der Waals surface area contributed by atoms with Crippen molar-refractivity contribution in [2.24, 2.45) is 5.73 Å². The molecule has 0 radical (unpaired) electrons. The predicted molar refractivity (Wildman–Crippen MR) is 78.1 cm³/mol. The molecule has 1 aromatic rings. The summed E-state index contributed by atoms with van der Waals surface area (Å²) in [5.41, 5.74) is 7.28. The zero-order valence-electron chi connectivity index (χ0n) is 12.1. The maximum absolute atomic E-state index is 12.1. The molecule has 1 heterocycles. The summed E-state index contributed by atoms with van der Waals surface area (Å²) in [6, 6.07) is 3.07. The summed E-state index contributed by atoms with van der Waals surface area (Å²) in [5, 5.41) is 13.7. The second kappa shape index (κ2) is 6.19. The molecule has 114 valence electrons. The lowest BCUT2D eigenvalue weighted by molar-refractivity contribution is -0.384. The third-order valence-corrected chi connectivity index (χ3v) is 3.73. The zero-order chi connectivity index (χ0) is 15.6. The number of benzene rings is 1. The van der Waals surface area contributed by atoms with Crippen LogP contribution < -0.4 is 11.1 Å². The largest absolute Gasteiger partial charge is 0.364 e. The maximum Gasteiger partial charge on any atom is 0.293 e. The van der Waals surface area contributed by atoms with E-state index in [9.17, 15) is 14.9 Å². The van der Waals surface area contributed by atoms with Crippen LogP contribution in [0.25, 0.3) is 0 Å². The van der Waals surface area contributed by atoms with Crippen LogP contribution in [-0.4, -0.2) is 29.6 Å². The Labute approximate surface area is 122 Å². The summed E-state index contributed by atoms with van der Waals surface area (Å²) < 4.78 is 5.49. The number of nitro benzene ring substituents is 1. The van der Waals surface area contributed by atoms with Crippen molar-refractivity contribution < 1.29 is 14.5 Å². The highest BCUT2D eigenvalue weighted by Gasteiger charge is 2.31. The molecule has 1 aliphatic heterocycles. The van der Waals surface area contributed by atoms with E-state index in [4.69, 9.17) is 10.5 Å². The molecule has 21 heavy (non-hydrogen) atoms. The average molecular weight is 293 g/mol. The van der Waals surface area contributed by atoms with E-state index in [-0.39, 0.29) is 23.4 Å². The van der Waals surface area contributed by atoms with Gasteiger partial charge in [0, 0.05) is 12.6 Å². The van der Waals surface area contributed by atoms with Crippen LogP contribution in [0.15, 0.2) is 12.1 Å². The van der Waals surface area contributed by atoms with Crippen LogP contribution in [0.5, 0.6) is 0 Å². The smallest absolute Gasteiger partial charge is 0.293 e. The predicted octanol–water partition coefficient (Wildman–Crippen LogP) is 1.66. The molecule has 1 aliphatic rings. The lowest BCUT2D eigenvalue weighted by Crippen LogP contribution is -2.30. The van der Waals surface area contributed by atoms with Crippen molar-refractivity contribution in [3.05, 3.63) is 33.4 Å². The number of carbonyl (C=O) groups excluding carboxylic acids is 1. The Kier molecular flexibility index (Phi) is 4.54. The van der Waals surface area contributed by atoms with Gasteiger partial charge in [0.2, 0.25) is 0 Å². The number of hydrogen-bond acceptors (Lipinski definition) is 5. The normalized spacial score (nSPS) is 21.3. The van der Waals surface area contributed by atoms with Gasteiger partial charge in [-0.15, -0.1) is 0 Å². The third-order valence-electron chi connectivity index (χ3n) is 3.73. The first-order valence-electron chi connectivity index (χ1n) is 6.84. The minimum atomic E-state index is -0.597. The quantitative estimate of drug-likeness (QED) is 0.648. The summed E-state index contributed by atoms with van der Waals surface area (Å²) in [4.78, 5) is 22.7. The number of hydrogen-bond donors (Lipinski definition) is 2. The van der Waals surface area contributed by atoms with Crippen molar-refractivity contribution in [1.29, 1.82) is 0 Å². The molecule has 1 aromatic carbocycles. The molecule has 0 saturated carbocycles. The first-order chi connectivity index (χ1) is 9.92. The van der Waals surface area contributed by atoms with Crippen LogP contribution in [0.3, 0.4) is 0 Å². The van der Waals surface area contributed by atoms with Gasteiger partial charge in [-0.1, -0.05) is 0 Å². The Hall–Kier alpha value is -1.99. The molecule has 0 bridgehead atoms. The van der Waals surface area contributed by atoms with Crippen molar-refractivity contribution in [3.8, 4) is 0 Å². The number of ether oxygens (including phenoxy) is 1. The molecular formula is C14H19N3O4. The number of nitrogens with zero attached hydrogens (tertiary/aromatic N) is 1. The number of nitro groups is 1. The van der Waals surface area contributed by atoms with Crippen LogP contribution in [0, 0.1) is 24.0 Å². The Morgan fingerprint density at radius 1 is 1.43 bits per heavy atom. The highest BCUT2D eigenvalue weighted by atomic mass is 16.6. The van der Waals surface area contributed by atoms with E-state index < -0.39 is 11.0 Å². The number of nitrogens with one attached hydrogen (secondary N) is 1. The fraction of sp³-hybridized carbons (Fsp3) is 0.500. The standard InChI is InChI=1S/C14H19N3O4/c1-8-5-11(12(17(19)20)6-9(8)2)16-14(18)13-4-3-10(7-15)21-13/h5-6,10,13H,3-4,7,15H2,1-2H3,(H,16,18). The monoisotopic (exact) mass is 293 g/mol. The number of nitrogens with two attached hydrogens (primary N) is 1. The minimum absolute atomic E-state index is 0.111. The van der Waals surface area contributed by atoms with E-state index >= 15 is 0 Å². The number of rotatable bonds is 4. The molecule has 1 fully saturated rings. The Bertz CT molecular complexity index is 574. The van der Waals surface area contributed by atoms with E-state index in [1.165, 1.54) is 6.07 Å². The Morgan fingerprint density at radius 3 is 2.67 bits per heavy atom. The molecular weight excluding hydrogens is 274 g/mol. The van der Waals surface area contributed by atoms with Crippen molar-refractivity contribution >= 4 is 17.3 Å². The first kappa shape index (κ1) is 15.4. The highest BCUT2D eigenvalue weighted by Crippen LogP contribution is 2.29. The molecule has 1 amide bonds. The molecule has 7 nitrogen and oxygen atoms in total. The molecule has 2 atom stereocenters. The second-order valence-corrected chi connectivity index (χ2v) is 5.26. The number of aryl methyl sites for hydroxylation is 2. The molecule has 2 unspecified atom stereocenters. The third kappa shape index (κ3) is 3.37. The minimum Gasteiger partial charge on any atom is -0.364 e. The van der Waals surface area contributed by atoms with Crippen LogP contribution in [0.2, 0.25) is 0 Å². The van der Waals surface area contributed by atoms with Crippen LogP contribution in [-0.2, 0) is 9.53 Å². The summed E-state index contributed by atoms with van der Waals surface area (Å²) >= 11 is 0. The van der Waals surface area contributed by atoms with Gasteiger partial charge in [0.1, 0.15) is 11.8 Å². The van der Waals surface area contributed by atoms with Gasteiger partial charge in [0.05, 0.1) is 11.0 Å². The van der Waals surface area contributed by atoms with Gasteiger partial charge >= 0.3 is 0 Å². The maximum atomic E-state index is 12.1. The van der Waals surface area contributed by atoms with Gasteiger partial charge in [-0.3, -0.25) is 14.9 Å². The molecule has 0 aromatic heterocycles. The van der Waals surface area contributed by atoms with Crippen molar-refractivity contribution in [3.63, 3.8) is 0 Å². The van der Waals surface area contributed by atoms with Gasteiger partial charge in [0.15, 0.2) is 0 Å². The number of amides is 1. The topological polar surface area (TPSA) is 107 Å². The van der Waals surface area contributed by atoms with Gasteiger partial charge < -0.3 is 15.8 Å². The van der Waals surface area contributed by atoms with Gasteiger partial charge in [0.25, 0.3) is 11.6 Å². The number of anilines is 1. The molecule has 2 rings (SSSR count). The molecule has 0 aliphatic carbocycles. The van der Waals surface area contributed by atoms with E-state index in [0.717, 1.165) is 17.5 Å². The second-order valence-electron chi connectivity index (χ2n) is 5.26. The fourth-order valence-electron chi connectivity index (χ4n) is 2.34. The highest BCUT2D eigenvalue weighted by molar-refractivity contribution is 5.96. The van der Waals surface area contributed by atoms with E-state index in [2.05, 4.69) is 5.32 Å². The SMILES string of the molecule is Cc1cc(NC(=O)C2CCC(CN)O2)c([N+](=O)[O-])cc1C. The van der Waals surface area contributed by atoms with Crippen molar-refractivity contribution in [2.75, 3.05) is 11.9 Å². The van der Waals surface area contributed by atoms with Gasteiger partial charge in [-0.05, 0) is 43.9 Å². The van der Waals surface area contributed by atoms with E-state index in [1.54, 1.807) is 13.0 Å². The van der Waals surface area contributed by atoms with Crippen LogP contribution in [0.4, 0.5) is 11.4 Å². The van der Waals surface area contributed by atoms with E-state index in [0.29, 0.717) is 13.0 Å². The molecule has 7 heteroatoms. The summed E-state index contributed by atoms with van der Waals surface area (Å²) in [7, 11) is 0. The zero-order valence-corrected chi connectivity index (χ0v) is 12.1. The van der Waals surface area contributed by atoms with Crippen LogP contribution in [0.1, 0.15) is 24.0 Å². The van der Waals surface area contributed by atoms with Crippen molar-refractivity contribution in [1.82, 2.24) is 0 Å². The van der Waals surface area contributed by atoms with Gasteiger partial charge in [-0.25, -0.2) is 0 Å².